The second-order valence-electron chi connectivity index (χ2n) is 4.87. The molecule has 2 rings (SSSR count). The smallest absolute Gasteiger partial charge is 0.255 e. The van der Waals surface area contributed by atoms with Crippen LogP contribution in [0.5, 0.6) is 5.75 Å². The van der Waals surface area contributed by atoms with Crippen molar-refractivity contribution in [3.8, 4) is 5.75 Å². The third-order valence-electron chi connectivity index (χ3n) is 3.54. The summed E-state index contributed by atoms with van der Waals surface area (Å²) in [5, 5.41) is 12.7. The van der Waals surface area contributed by atoms with Crippen molar-refractivity contribution in [1.82, 2.24) is 5.32 Å². The molecule has 1 aromatic rings. The van der Waals surface area contributed by atoms with Crippen molar-refractivity contribution in [1.29, 1.82) is 0 Å². The number of halogens is 1. The normalized spacial score (nSPS) is 18.0. The van der Waals surface area contributed by atoms with Crippen LogP contribution < -0.4 is 5.32 Å². The molecule has 0 saturated carbocycles. The van der Waals surface area contributed by atoms with E-state index in [0.29, 0.717) is 11.5 Å². The number of rotatable bonds is 3. The topological polar surface area (TPSA) is 58.6 Å². The van der Waals surface area contributed by atoms with E-state index in [-0.39, 0.29) is 17.7 Å². The lowest BCUT2D eigenvalue weighted by Crippen LogP contribution is -2.40. The van der Waals surface area contributed by atoms with E-state index in [2.05, 4.69) is 21.2 Å². The summed E-state index contributed by atoms with van der Waals surface area (Å²) >= 11 is 3.25. The van der Waals surface area contributed by atoms with E-state index in [1.807, 2.05) is 6.92 Å². The van der Waals surface area contributed by atoms with E-state index in [9.17, 15) is 9.90 Å². The van der Waals surface area contributed by atoms with Crippen LogP contribution in [0.25, 0.3) is 0 Å². The molecular weight excluding hydrogens is 310 g/mol. The summed E-state index contributed by atoms with van der Waals surface area (Å²) in [5.41, 5.74) is 0.308. The van der Waals surface area contributed by atoms with Crippen molar-refractivity contribution in [3.63, 3.8) is 0 Å². The molecule has 0 radical (unpaired) electrons. The SMILES string of the molecule is CC(NC(=O)c1ccc(Br)cc1O)C1CCOCC1. The van der Waals surface area contributed by atoms with Gasteiger partial charge in [0, 0.05) is 23.7 Å². The number of hydrogen-bond donors (Lipinski definition) is 2. The first-order chi connectivity index (χ1) is 9.08. The molecule has 104 valence electrons. The van der Waals surface area contributed by atoms with Gasteiger partial charge in [-0.2, -0.15) is 0 Å². The van der Waals surface area contributed by atoms with Gasteiger partial charge in [-0.1, -0.05) is 15.9 Å². The Kier molecular flexibility index (Phi) is 4.82. The van der Waals surface area contributed by atoms with Crippen molar-refractivity contribution in [2.75, 3.05) is 13.2 Å². The van der Waals surface area contributed by atoms with Gasteiger partial charge in [0.25, 0.3) is 5.91 Å². The maximum atomic E-state index is 12.1. The van der Waals surface area contributed by atoms with E-state index in [0.717, 1.165) is 30.5 Å². The third-order valence-corrected chi connectivity index (χ3v) is 4.03. The van der Waals surface area contributed by atoms with Crippen molar-refractivity contribution in [3.05, 3.63) is 28.2 Å². The fraction of sp³-hybridized carbons (Fsp3) is 0.500. The second-order valence-corrected chi connectivity index (χ2v) is 5.79. The largest absolute Gasteiger partial charge is 0.507 e. The number of carbonyl (C=O) groups excluding carboxylic acids is 1. The number of hydrogen-bond acceptors (Lipinski definition) is 3. The Hall–Kier alpha value is -1.07. The highest BCUT2D eigenvalue weighted by Gasteiger charge is 2.23. The van der Waals surface area contributed by atoms with Crippen LogP contribution in [0.3, 0.4) is 0 Å². The van der Waals surface area contributed by atoms with E-state index in [1.54, 1.807) is 12.1 Å². The molecule has 1 amide bonds. The lowest BCUT2D eigenvalue weighted by molar-refractivity contribution is 0.0538. The molecule has 5 heteroatoms. The first-order valence-electron chi connectivity index (χ1n) is 6.45. The van der Waals surface area contributed by atoms with Crippen molar-refractivity contribution in [2.45, 2.75) is 25.8 Å². The minimum absolute atomic E-state index is 0.00828. The maximum Gasteiger partial charge on any atom is 0.255 e. The van der Waals surface area contributed by atoms with Crippen molar-refractivity contribution >= 4 is 21.8 Å². The molecule has 19 heavy (non-hydrogen) atoms. The lowest BCUT2D eigenvalue weighted by atomic mass is 9.93. The van der Waals surface area contributed by atoms with Gasteiger partial charge in [0.2, 0.25) is 0 Å². The average molecular weight is 328 g/mol. The molecule has 0 bridgehead atoms. The molecule has 1 atom stereocenters. The molecule has 0 spiro atoms. The maximum absolute atomic E-state index is 12.1. The Balaban J connectivity index is 1.99. The highest BCUT2D eigenvalue weighted by Crippen LogP contribution is 2.23. The fourth-order valence-electron chi connectivity index (χ4n) is 2.32. The summed E-state index contributed by atoms with van der Waals surface area (Å²) in [6, 6.07) is 4.96. The quantitative estimate of drug-likeness (QED) is 0.897. The van der Waals surface area contributed by atoms with E-state index in [4.69, 9.17) is 4.74 Å². The first-order valence-corrected chi connectivity index (χ1v) is 7.24. The molecular formula is C14H18BrNO3. The minimum atomic E-state index is -0.232. The number of phenolic OH excluding ortho intramolecular Hbond substituents is 1. The van der Waals surface area contributed by atoms with Gasteiger partial charge in [-0.15, -0.1) is 0 Å². The average Bonchev–Trinajstić information content (AvgIpc) is 2.39. The summed E-state index contributed by atoms with van der Waals surface area (Å²) in [5.74, 6) is 0.199. The van der Waals surface area contributed by atoms with Crippen LogP contribution in [0, 0.1) is 5.92 Å². The number of aromatic hydroxyl groups is 1. The third kappa shape index (κ3) is 3.70. The summed E-state index contributed by atoms with van der Waals surface area (Å²) < 4.78 is 6.06. The predicted octanol–water partition coefficient (Wildman–Crippen LogP) is 2.70. The van der Waals surface area contributed by atoms with Crippen LogP contribution in [0.4, 0.5) is 0 Å². The van der Waals surface area contributed by atoms with Gasteiger partial charge >= 0.3 is 0 Å². The second kappa shape index (κ2) is 6.39. The number of nitrogens with one attached hydrogen (secondary N) is 1. The van der Waals surface area contributed by atoms with E-state index in [1.165, 1.54) is 6.07 Å². The van der Waals surface area contributed by atoms with Crippen LogP contribution >= 0.6 is 15.9 Å². The number of phenols is 1. The van der Waals surface area contributed by atoms with Crippen molar-refractivity contribution < 1.29 is 14.6 Å². The fourth-order valence-corrected chi connectivity index (χ4v) is 2.66. The van der Waals surface area contributed by atoms with Crippen LogP contribution in [0.2, 0.25) is 0 Å². The Morgan fingerprint density at radius 3 is 2.79 bits per heavy atom. The molecule has 2 N–H and O–H groups in total. The molecule has 1 saturated heterocycles. The Labute approximate surface area is 121 Å². The summed E-state index contributed by atoms with van der Waals surface area (Å²) in [6.07, 6.45) is 1.93. The van der Waals surface area contributed by atoms with Gasteiger partial charge in [0.15, 0.2) is 0 Å². The Bertz CT molecular complexity index is 458. The molecule has 1 fully saturated rings. The minimum Gasteiger partial charge on any atom is -0.507 e. The van der Waals surface area contributed by atoms with Gasteiger partial charge in [-0.3, -0.25) is 4.79 Å². The van der Waals surface area contributed by atoms with Gasteiger partial charge < -0.3 is 15.2 Å². The van der Waals surface area contributed by atoms with Gasteiger partial charge in [-0.05, 0) is 43.9 Å². The number of carbonyl (C=O) groups is 1. The van der Waals surface area contributed by atoms with Crippen LogP contribution in [0.15, 0.2) is 22.7 Å². The molecule has 1 aromatic carbocycles. The van der Waals surface area contributed by atoms with Gasteiger partial charge in [-0.25, -0.2) is 0 Å². The van der Waals surface area contributed by atoms with Crippen LogP contribution in [-0.2, 0) is 4.74 Å². The number of ether oxygens (including phenoxy) is 1. The zero-order valence-electron chi connectivity index (χ0n) is 10.9. The molecule has 0 aromatic heterocycles. The van der Waals surface area contributed by atoms with Crippen molar-refractivity contribution in [2.24, 2.45) is 5.92 Å². The molecule has 1 aliphatic rings. The summed E-state index contributed by atoms with van der Waals surface area (Å²) in [6.45, 7) is 3.52. The summed E-state index contributed by atoms with van der Waals surface area (Å²) in [7, 11) is 0. The van der Waals surface area contributed by atoms with Crippen LogP contribution in [-0.4, -0.2) is 30.3 Å². The lowest BCUT2D eigenvalue weighted by Gasteiger charge is -2.28. The van der Waals surface area contributed by atoms with Gasteiger partial charge in [0.05, 0.1) is 5.56 Å². The first kappa shape index (κ1) is 14.3. The number of benzene rings is 1. The van der Waals surface area contributed by atoms with E-state index < -0.39 is 0 Å². The highest BCUT2D eigenvalue weighted by atomic mass is 79.9. The Morgan fingerprint density at radius 2 is 2.16 bits per heavy atom. The highest BCUT2D eigenvalue weighted by molar-refractivity contribution is 9.10. The van der Waals surface area contributed by atoms with Crippen LogP contribution in [0.1, 0.15) is 30.1 Å². The van der Waals surface area contributed by atoms with E-state index >= 15 is 0 Å². The zero-order valence-corrected chi connectivity index (χ0v) is 12.4. The molecule has 1 unspecified atom stereocenters. The monoisotopic (exact) mass is 327 g/mol. The molecule has 1 heterocycles. The molecule has 1 aliphatic heterocycles. The van der Waals surface area contributed by atoms with Gasteiger partial charge in [0.1, 0.15) is 5.75 Å². The Morgan fingerprint density at radius 1 is 1.47 bits per heavy atom. The number of amides is 1. The zero-order chi connectivity index (χ0) is 13.8. The predicted molar refractivity (Wildman–Crippen MR) is 76.3 cm³/mol. The molecule has 0 aliphatic carbocycles. The summed E-state index contributed by atoms with van der Waals surface area (Å²) in [4.78, 5) is 12.1. The molecule has 4 nitrogen and oxygen atoms in total. The standard InChI is InChI=1S/C14H18BrNO3/c1-9(10-4-6-19-7-5-10)16-14(18)12-3-2-11(15)8-13(12)17/h2-3,8-10,17H,4-7H2,1H3,(H,16,18).